The van der Waals surface area contributed by atoms with Gasteiger partial charge in [0, 0.05) is 11.1 Å². The summed E-state index contributed by atoms with van der Waals surface area (Å²) in [5, 5.41) is 0.649. The summed E-state index contributed by atoms with van der Waals surface area (Å²) in [6.07, 6.45) is 5.69. The minimum Gasteiger partial charge on any atom is -0.495 e. The molecule has 16 heavy (non-hydrogen) atoms. The molecule has 0 amide bonds. The van der Waals surface area contributed by atoms with Crippen molar-refractivity contribution < 1.29 is 4.74 Å². The van der Waals surface area contributed by atoms with Crippen molar-refractivity contribution in [3.05, 3.63) is 28.8 Å². The predicted molar refractivity (Wildman–Crippen MR) is 67.0 cm³/mol. The van der Waals surface area contributed by atoms with Crippen molar-refractivity contribution in [1.82, 2.24) is 0 Å². The maximum absolute atomic E-state index is 6.49. The Bertz CT molecular complexity index is 372. The third kappa shape index (κ3) is 2.04. The van der Waals surface area contributed by atoms with Crippen molar-refractivity contribution in [1.29, 1.82) is 0 Å². The lowest BCUT2D eigenvalue weighted by molar-refractivity contribution is 0.289. The standard InChI is InChI=1S/C13H18ClNO/c1-16-12-10(6-5-7-11(12)14)13(15)8-3-2-4-9-13/h5-7H,2-4,8-9,15H2,1H3. The number of rotatable bonds is 2. The van der Waals surface area contributed by atoms with E-state index in [2.05, 4.69) is 0 Å². The van der Waals surface area contributed by atoms with Crippen LogP contribution in [0.25, 0.3) is 0 Å². The van der Waals surface area contributed by atoms with Crippen LogP contribution in [0.4, 0.5) is 0 Å². The molecule has 1 aromatic rings. The van der Waals surface area contributed by atoms with Gasteiger partial charge in [0.05, 0.1) is 12.1 Å². The van der Waals surface area contributed by atoms with Crippen LogP contribution in [0.1, 0.15) is 37.7 Å². The van der Waals surface area contributed by atoms with E-state index in [-0.39, 0.29) is 5.54 Å². The van der Waals surface area contributed by atoms with Gasteiger partial charge in [0.2, 0.25) is 0 Å². The molecule has 0 aromatic heterocycles. The summed E-state index contributed by atoms with van der Waals surface area (Å²) in [6.45, 7) is 0. The molecular formula is C13H18ClNO. The average molecular weight is 240 g/mol. The summed E-state index contributed by atoms with van der Waals surface area (Å²) >= 11 is 6.13. The number of nitrogens with two attached hydrogens (primary N) is 1. The van der Waals surface area contributed by atoms with Gasteiger partial charge in [-0.2, -0.15) is 0 Å². The SMILES string of the molecule is COc1c(Cl)cccc1C1(N)CCCCC1. The van der Waals surface area contributed by atoms with E-state index in [0.29, 0.717) is 5.02 Å². The number of methoxy groups -OCH3 is 1. The highest BCUT2D eigenvalue weighted by molar-refractivity contribution is 6.32. The molecule has 0 aliphatic heterocycles. The molecule has 2 N–H and O–H groups in total. The molecule has 0 heterocycles. The lowest BCUT2D eigenvalue weighted by atomic mass is 9.77. The first-order valence-electron chi connectivity index (χ1n) is 5.79. The van der Waals surface area contributed by atoms with E-state index in [9.17, 15) is 0 Å². The fraction of sp³-hybridized carbons (Fsp3) is 0.538. The lowest BCUT2D eigenvalue weighted by Crippen LogP contribution is -2.38. The van der Waals surface area contributed by atoms with Crippen LogP contribution >= 0.6 is 11.6 Å². The normalized spacial score (nSPS) is 19.4. The van der Waals surface area contributed by atoms with Crippen LogP contribution in [0.15, 0.2) is 18.2 Å². The van der Waals surface area contributed by atoms with Crippen molar-refractivity contribution in [2.24, 2.45) is 5.73 Å². The highest BCUT2D eigenvalue weighted by atomic mass is 35.5. The van der Waals surface area contributed by atoms with E-state index in [0.717, 1.165) is 24.2 Å². The molecule has 1 fully saturated rings. The van der Waals surface area contributed by atoms with Gasteiger partial charge in [-0.15, -0.1) is 0 Å². The van der Waals surface area contributed by atoms with Gasteiger partial charge < -0.3 is 10.5 Å². The third-order valence-electron chi connectivity index (χ3n) is 3.45. The first-order chi connectivity index (χ1) is 7.67. The largest absolute Gasteiger partial charge is 0.495 e. The smallest absolute Gasteiger partial charge is 0.142 e. The van der Waals surface area contributed by atoms with Crippen molar-refractivity contribution >= 4 is 11.6 Å². The van der Waals surface area contributed by atoms with Crippen LogP contribution in [0.3, 0.4) is 0 Å². The van der Waals surface area contributed by atoms with Crippen LogP contribution in [0, 0.1) is 0 Å². The van der Waals surface area contributed by atoms with E-state index in [1.807, 2.05) is 18.2 Å². The maximum atomic E-state index is 6.49. The Morgan fingerprint density at radius 2 is 1.94 bits per heavy atom. The van der Waals surface area contributed by atoms with Crippen molar-refractivity contribution in [2.45, 2.75) is 37.6 Å². The second kappa shape index (κ2) is 4.64. The summed E-state index contributed by atoms with van der Waals surface area (Å²) in [4.78, 5) is 0. The first kappa shape index (κ1) is 11.7. The zero-order chi connectivity index (χ0) is 11.6. The summed E-state index contributed by atoms with van der Waals surface area (Å²) < 4.78 is 5.38. The van der Waals surface area contributed by atoms with Gasteiger partial charge >= 0.3 is 0 Å². The summed E-state index contributed by atoms with van der Waals surface area (Å²) in [5.41, 5.74) is 7.29. The van der Waals surface area contributed by atoms with E-state index in [4.69, 9.17) is 22.1 Å². The Morgan fingerprint density at radius 3 is 2.56 bits per heavy atom. The Kier molecular flexibility index (Phi) is 3.41. The van der Waals surface area contributed by atoms with Gasteiger partial charge in [0.15, 0.2) is 0 Å². The van der Waals surface area contributed by atoms with Crippen LogP contribution < -0.4 is 10.5 Å². The number of para-hydroxylation sites is 1. The van der Waals surface area contributed by atoms with Gasteiger partial charge in [0.1, 0.15) is 5.75 Å². The average Bonchev–Trinajstić information content (AvgIpc) is 2.29. The van der Waals surface area contributed by atoms with Crippen LogP contribution in [-0.2, 0) is 5.54 Å². The van der Waals surface area contributed by atoms with E-state index < -0.39 is 0 Å². The topological polar surface area (TPSA) is 35.2 Å². The van der Waals surface area contributed by atoms with Gasteiger partial charge in [0.25, 0.3) is 0 Å². The Morgan fingerprint density at radius 1 is 1.25 bits per heavy atom. The molecule has 0 bridgehead atoms. The Hall–Kier alpha value is -0.730. The molecule has 88 valence electrons. The lowest BCUT2D eigenvalue weighted by Gasteiger charge is -2.35. The van der Waals surface area contributed by atoms with E-state index in [1.54, 1.807) is 7.11 Å². The third-order valence-corrected chi connectivity index (χ3v) is 3.75. The highest BCUT2D eigenvalue weighted by Gasteiger charge is 2.32. The predicted octanol–water partition coefficient (Wildman–Crippen LogP) is 3.47. The van der Waals surface area contributed by atoms with Gasteiger partial charge in [-0.05, 0) is 18.9 Å². The molecule has 0 atom stereocenters. The monoisotopic (exact) mass is 239 g/mol. The van der Waals surface area contributed by atoms with Crippen molar-refractivity contribution in [3.63, 3.8) is 0 Å². The first-order valence-corrected chi connectivity index (χ1v) is 6.17. The maximum Gasteiger partial charge on any atom is 0.142 e. The molecule has 0 spiro atoms. The number of hydrogen-bond acceptors (Lipinski definition) is 2. The molecular weight excluding hydrogens is 222 g/mol. The van der Waals surface area contributed by atoms with Crippen molar-refractivity contribution in [2.75, 3.05) is 7.11 Å². The zero-order valence-corrected chi connectivity index (χ0v) is 10.4. The van der Waals surface area contributed by atoms with E-state index >= 15 is 0 Å². The van der Waals surface area contributed by atoms with Gasteiger partial charge in [-0.3, -0.25) is 0 Å². The molecule has 2 nitrogen and oxygen atoms in total. The number of benzene rings is 1. The molecule has 3 heteroatoms. The van der Waals surface area contributed by atoms with Crippen molar-refractivity contribution in [3.8, 4) is 5.75 Å². The number of ether oxygens (including phenoxy) is 1. The minimum atomic E-state index is -0.255. The highest BCUT2D eigenvalue weighted by Crippen LogP contribution is 2.41. The molecule has 1 aromatic carbocycles. The molecule has 0 saturated heterocycles. The Balaban J connectivity index is 2.41. The molecule has 1 aliphatic rings. The van der Waals surface area contributed by atoms with Gasteiger partial charge in [-0.25, -0.2) is 0 Å². The van der Waals surface area contributed by atoms with Gasteiger partial charge in [-0.1, -0.05) is 43.0 Å². The number of hydrogen-bond donors (Lipinski definition) is 1. The molecule has 0 unspecified atom stereocenters. The fourth-order valence-corrected chi connectivity index (χ4v) is 2.81. The summed E-state index contributed by atoms with van der Waals surface area (Å²) in [7, 11) is 1.65. The minimum absolute atomic E-state index is 0.255. The van der Waals surface area contributed by atoms with E-state index in [1.165, 1.54) is 19.3 Å². The molecule has 1 saturated carbocycles. The second-order valence-corrected chi connectivity index (χ2v) is 4.94. The fourth-order valence-electron chi connectivity index (χ4n) is 2.56. The van der Waals surface area contributed by atoms with Crippen LogP contribution in [-0.4, -0.2) is 7.11 Å². The quantitative estimate of drug-likeness (QED) is 0.858. The van der Waals surface area contributed by atoms with Crippen LogP contribution in [0.5, 0.6) is 5.75 Å². The zero-order valence-electron chi connectivity index (χ0n) is 9.63. The number of halogens is 1. The second-order valence-electron chi connectivity index (χ2n) is 4.54. The summed E-state index contributed by atoms with van der Waals surface area (Å²) in [5.74, 6) is 0.744. The summed E-state index contributed by atoms with van der Waals surface area (Å²) in [6, 6.07) is 5.83. The molecule has 1 aliphatic carbocycles. The Labute approximate surface area is 102 Å². The molecule has 0 radical (unpaired) electrons. The van der Waals surface area contributed by atoms with Crippen LogP contribution in [0.2, 0.25) is 5.02 Å². The molecule has 2 rings (SSSR count).